The number of amides is 1. The van der Waals surface area contributed by atoms with E-state index < -0.39 is 53.2 Å². The molecule has 38 heavy (non-hydrogen) atoms. The number of nitrogens with one attached hydrogen (secondary N) is 2. The molecule has 0 saturated heterocycles. The maximum atomic E-state index is 14.7. The fourth-order valence-corrected chi connectivity index (χ4v) is 4.46. The predicted octanol–water partition coefficient (Wildman–Crippen LogP) is 5.00. The van der Waals surface area contributed by atoms with Gasteiger partial charge in [-0.1, -0.05) is 42.0 Å². The van der Waals surface area contributed by atoms with Gasteiger partial charge in [0, 0.05) is 25.0 Å². The Bertz CT molecular complexity index is 1290. The molecule has 0 fully saturated rings. The summed E-state index contributed by atoms with van der Waals surface area (Å²) in [6.07, 6.45) is -10.5. The summed E-state index contributed by atoms with van der Waals surface area (Å²) >= 11 is 0. The molecule has 13 heteroatoms. The molecular weight excluding hydrogens is 538 g/mol. The fraction of sp³-hybridized carbons (Fsp3) is 0.400. The van der Waals surface area contributed by atoms with Crippen molar-refractivity contribution in [3.8, 4) is 5.75 Å². The first-order valence-electron chi connectivity index (χ1n) is 11.4. The maximum Gasteiger partial charge on any atom is 0.416 e. The highest BCUT2D eigenvalue weighted by Gasteiger charge is 2.59. The van der Waals surface area contributed by atoms with Crippen LogP contribution in [-0.4, -0.2) is 46.1 Å². The van der Waals surface area contributed by atoms with Gasteiger partial charge in [-0.3, -0.25) is 4.79 Å². The number of hydrogen-bond acceptors (Lipinski definition) is 4. The van der Waals surface area contributed by atoms with Crippen LogP contribution in [0.15, 0.2) is 54.1 Å². The summed E-state index contributed by atoms with van der Waals surface area (Å²) in [5, 5.41) is 2.05. The summed E-state index contributed by atoms with van der Waals surface area (Å²) in [5.41, 5.74) is -2.14. The van der Waals surface area contributed by atoms with Crippen molar-refractivity contribution in [3.63, 3.8) is 0 Å². The van der Waals surface area contributed by atoms with Crippen LogP contribution in [-0.2, 0) is 20.4 Å². The minimum atomic E-state index is -4.97. The number of ether oxygens (including phenoxy) is 1. The van der Waals surface area contributed by atoms with Gasteiger partial charge in [0.15, 0.2) is 5.54 Å². The molecule has 6 nitrogen and oxygen atoms in total. The van der Waals surface area contributed by atoms with Crippen molar-refractivity contribution in [1.29, 1.82) is 0 Å². The molecule has 0 aliphatic carbocycles. The van der Waals surface area contributed by atoms with Crippen molar-refractivity contribution in [2.75, 3.05) is 19.4 Å². The average molecular weight is 565 g/mol. The summed E-state index contributed by atoms with van der Waals surface area (Å²) in [5.74, 6) is -1.02. The van der Waals surface area contributed by atoms with Gasteiger partial charge >= 0.3 is 12.4 Å². The van der Waals surface area contributed by atoms with Crippen molar-refractivity contribution < 1.29 is 44.3 Å². The molecule has 0 aromatic heterocycles. The second-order valence-electron chi connectivity index (χ2n) is 9.04. The second kappa shape index (κ2) is 11.0. The highest BCUT2D eigenvalue weighted by atomic mass is 32.2. The van der Waals surface area contributed by atoms with Crippen molar-refractivity contribution >= 4 is 21.5 Å². The Balaban J connectivity index is 1.99. The molecular formula is C25H26F6N2O4S. The highest BCUT2D eigenvalue weighted by Crippen LogP contribution is 2.48. The van der Waals surface area contributed by atoms with Gasteiger partial charge in [-0.25, -0.2) is 13.1 Å². The summed E-state index contributed by atoms with van der Waals surface area (Å²) < 4.78 is 112. The van der Waals surface area contributed by atoms with Gasteiger partial charge in [0.05, 0.1) is 12.9 Å². The Hall–Kier alpha value is -3.06. The van der Waals surface area contributed by atoms with E-state index in [-0.39, 0.29) is 35.5 Å². The Morgan fingerprint density at radius 1 is 1.00 bits per heavy atom. The molecule has 0 radical (unpaired) electrons. The number of alkyl halides is 6. The van der Waals surface area contributed by atoms with E-state index in [0.717, 1.165) is 24.0 Å². The molecule has 0 bridgehead atoms. The normalized spacial score (nSPS) is 18.9. The quantitative estimate of drug-likeness (QED) is 0.332. The summed E-state index contributed by atoms with van der Waals surface area (Å²) in [7, 11) is -3.75. The SMILES string of the molecule is Cc1ccc(C2=C(CNS(C)(=O)=O)C(=O)N[C@@](c3ccc(OCCCC(F)(F)F)cc3)(C(F)(F)F)C2)cc1. The second-order valence-corrected chi connectivity index (χ2v) is 10.9. The van der Waals surface area contributed by atoms with E-state index in [0.29, 0.717) is 5.56 Å². The summed E-state index contributed by atoms with van der Waals surface area (Å²) in [6, 6.07) is 11.0. The van der Waals surface area contributed by atoms with Crippen molar-refractivity contribution in [2.24, 2.45) is 0 Å². The maximum absolute atomic E-state index is 14.7. The minimum Gasteiger partial charge on any atom is -0.494 e. The molecule has 1 atom stereocenters. The number of hydrogen-bond donors (Lipinski definition) is 2. The standard InChI is InChI=1S/C25H26F6N2O4S/c1-16-4-6-17(7-5-16)20-14-23(25(29,30)31,33-22(34)21(20)15-32-38(2,35)36)18-8-10-19(11-9-18)37-13-3-12-24(26,27)28/h4-11,32H,3,12-15H2,1-2H3,(H,33,34)/t23-/m0/s1. The van der Waals surface area contributed by atoms with Gasteiger partial charge in [-0.15, -0.1) is 0 Å². The number of halogens is 6. The van der Waals surface area contributed by atoms with Gasteiger partial charge in [0.1, 0.15) is 5.75 Å². The van der Waals surface area contributed by atoms with Gasteiger partial charge in [0.2, 0.25) is 15.9 Å². The first kappa shape index (κ1) is 29.5. The van der Waals surface area contributed by atoms with E-state index in [1.807, 2.05) is 5.32 Å². The van der Waals surface area contributed by atoms with E-state index in [1.54, 1.807) is 31.2 Å². The van der Waals surface area contributed by atoms with Crippen LogP contribution in [0.25, 0.3) is 5.57 Å². The van der Waals surface area contributed by atoms with Crippen LogP contribution >= 0.6 is 0 Å². The van der Waals surface area contributed by atoms with E-state index in [2.05, 4.69) is 4.72 Å². The molecule has 1 amide bonds. The first-order chi connectivity index (χ1) is 17.5. The zero-order valence-corrected chi connectivity index (χ0v) is 21.3. The Morgan fingerprint density at radius 3 is 2.13 bits per heavy atom. The number of sulfonamides is 1. The zero-order valence-electron chi connectivity index (χ0n) is 20.5. The smallest absolute Gasteiger partial charge is 0.416 e. The number of benzene rings is 2. The number of carbonyl (C=O) groups is 1. The lowest BCUT2D eigenvalue weighted by molar-refractivity contribution is -0.201. The Kier molecular flexibility index (Phi) is 8.51. The van der Waals surface area contributed by atoms with Crippen LogP contribution in [0.2, 0.25) is 0 Å². The van der Waals surface area contributed by atoms with E-state index in [1.165, 1.54) is 12.1 Å². The van der Waals surface area contributed by atoms with Crippen molar-refractivity contribution in [1.82, 2.24) is 10.0 Å². The topological polar surface area (TPSA) is 84.5 Å². The van der Waals surface area contributed by atoms with Crippen LogP contribution in [0, 0.1) is 6.92 Å². The van der Waals surface area contributed by atoms with Crippen molar-refractivity contribution in [2.45, 2.75) is 44.1 Å². The van der Waals surface area contributed by atoms with Gasteiger partial charge in [-0.05, 0) is 42.2 Å². The lowest BCUT2D eigenvalue weighted by Gasteiger charge is -2.41. The molecule has 1 heterocycles. The minimum absolute atomic E-state index is 0.0229. The van der Waals surface area contributed by atoms with Crippen LogP contribution in [0.5, 0.6) is 5.75 Å². The highest BCUT2D eigenvalue weighted by molar-refractivity contribution is 7.88. The van der Waals surface area contributed by atoms with E-state index in [9.17, 15) is 39.6 Å². The molecule has 1 aliphatic heterocycles. The molecule has 1 aliphatic rings. The van der Waals surface area contributed by atoms with Crippen LogP contribution in [0.3, 0.4) is 0 Å². The number of rotatable bonds is 9. The average Bonchev–Trinajstić information content (AvgIpc) is 2.79. The fourth-order valence-electron chi connectivity index (χ4n) is 4.05. The molecule has 208 valence electrons. The van der Waals surface area contributed by atoms with Crippen molar-refractivity contribution in [3.05, 3.63) is 70.8 Å². The molecule has 3 rings (SSSR count). The van der Waals surface area contributed by atoms with Gasteiger partial charge in [-0.2, -0.15) is 26.3 Å². The molecule has 2 aromatic carbocycles. The van der Waals surface area contributed by atoms with Gasteiger partial charge in [0.25, 0.3) is 0 Å². The van der Waals surface area contributed by atoms with Crippen LogP contribution in [0.4, 0.5) is 26.3 Å². The number of carbonyl (C=O) groups excluding carboxylic acids is 1. The zero-order chi connectivity index (χ0) is 28.4. The lowest BCUT2D eigenvalue weighted by atomic mass is 9.76. The van der Waals surface area contributed by atoms with E-state index >= 15 is 0 Å². The summed E-state index contributed by atoms with van der Waals surface area (Å²) in [6.45, 7) is 0.994. The third-order valence-electron chi connectivity index (χ3n) is 6.02. The van der Waals surface area contributed by atoms with Crippen LogP contribution < -0.4 is 14.8 Å². The molecule has 2 N–H and O–H groups in total. The third-order valence-corrected chi connectivity index (χ3v) is 6.69. The first-order valence-corrected chi connectivity index (χ1v) is 13.3. The Labute approximate surface area is 216 Å². The Morgan fingerprint density at radius 2 is 1.61 bits per heavy atom. The lowest BCUT2D eigenvalue weighted by Crippen LogP contribution is -2.59. The summed E-state index contributed by atoms with van der Waals surface area (Å²) in [4.78, 5) is 13.1. The van der Waals surface area contributed by atoms with Crippen LogP contribution in [0.1, 0.15) is 36.0 Å². The number of aryl methyl sites for hydroxylation is 1. The third kappa shape index (κ3) is 7.28. The predicted molar refractivity (Wildman–Crippen MR) is 129 cm³/mol. The molecule has 2 aromatic rings. The molecule has 0 saturated carbocycles. The van der Waals surface area contributed by atoms with E-state index in [4.69, 9.17) is 4.74 Å². The molecule has 0 spiro atoms. The molecule has 0 unspecified atom stereocenters. The monoisotopic (exact) mass is 564 g/mol. The largest absolute Gasteiger partial charge is 0.494 e. The van der Waals surface area contributed by atoms with Gasteiger partial charge < -0.3 is 10.1 Å².